The third kappa shape index (κ3) is 3.82. The fourth-order valence-electron chi connectivity index (χ4n) is 4.58. The SMILES string of the molecule is CN(Cc1cccc2c1C(=O)N(C1CCC(=O)NC1=O)C2=O)CC1CCNCC1. The van der Waals surface area contributed by atoms with Crippen LogP contribution in [0, 0.1) is 5.92 Å². The van der Waals surface area contributed by atoms with E-state index in [1.54, 1.807) is 12.1 Å². The van der Waals surface area contributed by atoms with E-state index in [9.17, 15) is 19.2 Å². The van der Waals surface area contributed by atoms with Crippen molar-refractivity contribution >= 4 is 23.6 Å². The summed E-state index contributed by atoms with van der Waals surface area (Å²) in [5.41, 5.74) is 1.53. The molecule has 3 aliphatic rings. The molecule has 1 aromatic carbocycles. The fourth-order valence-corrected chi connectivity index (χ4v) is 4.58. The highest BCUT2D eigenvalue weighted by atomic mass is 16.2. The van der Waals surface area contributed by atoms with E-state index in [0.29, 0.717) is 23.6 Å². The zero-order valence-corrected chi connectivity index (χ0v) is 16.6. The molecular formula is C21H26N4O4. The average Bonchev–Trinajstić information content (AvgIpc) is 2.94. The predicted molar refractivity (Wildman–Crippen MR) is 105 cm³/mol. The number of carbonyl (C=O) groups excluding carboxylic acids is 4. The molecule has 29 heavy (non-hydrogen) atoms. The summed E-state index contributed by atoms with van der Waals surface area (Å²) in [6.07, 6.45) is 2.56. The topological polar surface area (TPSA) is 98.8 Å². The number of fused-ring (bicyclic) bond motifs is 1. The van der Waals surface area contributed by atoms with Crippen LogP contribution in [-0.4, -0.2) is 66.2 Å². The molecule has 0 aromatic heterocycles. The van der Waals surface area contributed by atoms with Gasteiger partial charge in [-0.2, -0.15) is 0 Å². The Bertz CT molecular complexity index is 862. The van der Waals surface area contributed by atoms with E-state index in [0.717, 1.165) is 42.9 Å². The summed E-state index contributed by atoms with van der Waals surface area (Å²) in [5.74, 6) is -1.23. The van der Waals surface area contributed by atoms with Crippen LogP contribution in [0.15, 0.2) is 18.2 Å². The number of imide groups is 2. The molecule has 4 amide bonds. The summed E-state index contributed by atoms with van der Waals surface area (Å²) in [7, 11) is 2.03. The van der Waals surface area contributed by atoms with Gasteiger partial charge in [0, 0.05) is 19.5 Å². The van der Waals surface area contributed by atoms with Crippen molar-refractivity contribution in [2.24, 2.45) is 5.92 Å². The fraction of sp³-hybridized carbons (Fsp3) is 0.524. The van der Waals surface area contributed by atoms with Crippen LogP contribution in [0.5, 0.6) is 0 Å². The monoisotopic (exact) mass is 398 g/mol. The minimum absolute atomic E-state index is 0.121. The molecule has 8 heteroatoms. The molecule has 1 aromatic rings. The van der Waals surface area contributed by atoms with Gasteiger partial charge in [0.25, 0.3) is 11.8 Å². The van der Waals surface area contributed by atoms with Gasteiger partial charge in [0.05, 0.1) is 11.1 Å². The molecule has 1 unspecified atom stereocenters. The lowest BCUT2D eigenvalue weighted by atomic mass is 9.97. The molecule has 4 rings (SSSR count). The number of piperidine rings is 2. The van der Waals surface area contributed by atoms with E-state index in [-0.39, 0.29) is 18.7 Å². The molecule has 3 aliphatic heterocycles. The zero-order chi connectivity index (χ0) is 20.5. The van der Waals surface area contributed by atoms with Gasteiger partial charge in [0.15, 0.2) is 0 Å². The second-order valence-corrected chi connectivity index (χ2v) is 8.18. The summed E-state index contributed by atoms with van der Waals surface area (Å²) in [6.45, 7) is 3.57. The Morgan fingerprint density at radius 1 is 1.07 bits per heavy atom. The first-order valence-corrected chi connectivity index (χ1v) is 10.2. The summed E-state index contributed by atoms with van der Waals surface area (Å²) in [4.78, 5) is 52.9. The van der Waals surface area contributed by atoms with E-state index in [2.05, 4.69) is 15.5 Å². The van der Waals surface area contributed by atoms with E-state index < -0.39 is 23.8 Å². The molecule has 3 heterocycles. The highest BCUT2D eigenvalue weighted by Gasteiger charge is 2.45. The summed E-state index contributed by atoms with van der Waals surface area (Å²) in [6, 6.07) is 4.36. The van der Waals surface area contributed by atoms with Crippen LogP contribution in [0.25, 0.3) is 0 Å². The van der Waals surface area contributed by atoms with Crippen LogP contribution in [0.3, 0.4) is 0 Å². The maximum Gasteiger partial charge on any atom is 0.262 e. The predicted octanol–water partition coefficient (Wildman–Crippen LogP) is 0.519. The molecule has 0 aliphatic carbocycles. The molecule has 2 N–H and O–H groups in total. The van der Waals surface area contributed by atoms with Crippen LogP contribution in [0.4, 0.5) is 0 Å². The largest absolute Gasteiger partial charge is 0.317 e. The number of benzene rings is 1. The first-order valence-electron chi connectivity index (χ1n) is 10.2. The van der Waals surface area contributed by atoms with Gasteiger partial charge in [-0.25, -0.2) is 0 Å². The zero-order valence-electron chi connectivity index (χ0n) is 16.6. The molecule has 8 nitrogen and oxygen atoms in total. The lowest BCUT2D eigenvalue weighted by Crippen LogP contribution is -2.54. The van der Waals surface area contributed by atoms with Crippen LogP contribution < -0.4 is 10.6 Å². The summed E-state index contributed by atoms with van der Waals surface area (Å²) in [5, 5.41) is 5.59. The van der Waals surface area contributed by atoms with Gasteiger partial charge >= 0.3 is 0 Å². The average molecular weight is 398 g/mol. The summed E-state index contributed by atoms with van der Waals surface area (Å²) >= 11 is 0. The van der Waals surface area contributed by atoms with Crippen LogP contribution in [0.2, 0.25) is 0 Å². The molecule has 0 spiro atoms. The minimum Gasteiger partial charge on any atom is -0.317 e. The Labute approximate surface area is 169 Å². The molecule has 1 atom stereocenters. The van der Waals surface area contributed by atoms with Gasteiger partial charge in [-0.3, -0.25) is 29.4 Å². The number of rotatable bonds is 5. The second kappa shape index (κ2) is 8.04. The Kier molecular flexibility index (Phi) is 5.47. The number of nitrogens with zero attached hydrogens (tertiary/aromatic N) is 2. The third-order valence-electron chi connectivity index (χ3n) is 6.02. The minimum atomic E-state index is -0.930. The molecular weight excluding hydrogens is 372 g/mol. The normalized spacial score (nSPS) is 23.0. The molecule has 2 fully saturated rings. The second-order valence-electron chi connectivity index (χ2n) is 8.18. The quantitative estimate of drug-likeness (QED) is 0.702. The Balaban J connectivity index is 1.53. The standard InChI is InChI=1S/C21H26N4O4/c1-24(11-13-7-9-22-10-8-13)12-14-3-2-4-15-18(14)21(29)25(20(15)28)16-5-6-17(26)23-19(16)27/h2-4,13,16,22H,5-12H2,1H3,(H,23,26,27). The lowest BCUT2D eigenvalue weighted by Gasteiger charge is -2.28. The number of carbonyl (C=O) groups is 4. The van der Waals surface area contributed by atoms with Gasteiger partial charge < -0.3 is 10.2 Å². The van der Waals surface area contributed by atoms with Crippen molar-refractivity contribution in [1.29, 1.82) is 0 Å². The van der Waals surface area contributed by atoms with Crippen molar-refractivity contribution in [3.63, 3.8) is 0 Å². The number of hydrogen-bond donors (Lipinski definition) is 2. The van der Waals surface area contributed by atoms with E-state index in [4.69, 9.17) is 0 Å². The molecule has 0 radical (unpaired) electrons. The van der Waals surface area contributed by atoms with Gasteiger partial charge in [-0.05, 0) is 56.9 Å². The highest BCUT2D eigenvalue weighted by molar-refractivity contribution is 6.24. The van der Waals surface area contributed by atoms with Crippen molar-refractivity contribution in [2.45, 2.75) is 38.3 Å². The van der Waals surface area contributed by atoms with Crippen LogP contribution in [-0.2, 0) is 16.1 Å². The van der Waals surface area contributed by atoms with Crippen molar-refractivity contribution < 1.29 is 19.2 Å². The Morgan fingerprint density at radius 2 is 1.83 bits per heavy atom. The first kappa shape index (κ1) is 19.7. The Hall–Kier alpha value is -2.58. The van der Waals surface area contributed by atoms with Gasteiger partial charge in [-0.1, -0.05) is 12.1 Å². The molecule has 0 bridgehead atoms. The maximum absolute atomic E-state index is 13.1. The van der Waals surface area contributed by atoms with Crippen LogP contribution in [0.1, 0.15) is 52.0 Å². The van der Waals surface area contributed by atoms with Gasteiger partial charge in [-0.15, -0.1) is 0 Å². The Morgan fingerprint density at radius 3 is 2.55 bits per heavy atom. The molecule has 154 valence electrons. The lowest BCUT2D eigenvalue weighted by molar-refractivity contribution is -0.136. The van der Waals surface area contributed by atoms with Crippen LogP contribution >= 0.6 is 0 Å². The van der Waals surface area contributed by atoms with E-state index in [1.165, 1.54) is 0 Å². The van der Waals surface area contributed by atoms with Crippen molar-refractivity contribution in [1.82, 2.24) is 20.4 Å². The molecule has 2 saturated heterocycles. The van der Waals surface area contributed by atoms with Gasteiger partial charge in [0.2, 0.25) is 11.8 Å². The smallest absolute Gasteiger partial charge is 0.262 e. The number of hydrogen-bond acceptors (Lipinski definition) is 6. The number of nitrogens with one attached hydrogen (secondary N) is 2. The highest BCUT2D eigenvalue weighted by Crippen LogP contribution is 2.30. The molecule has 0 saturated carbocycles. The van der Waals surface area contributed by atoms with E-state index >= 15 is 0 Å². The van der Waals surface area contributed by atoms with Crippen molar-refractivity contribution in [2.75, 3.05) is 26.7 Å². The number of amides is 4. The first-order chi connectivity index (χ1) is 14.0. The maximum atomic E-state index is 13.1. The third-order valence-corrected chi connectivity index (χ3v) is 6.02. The van der Waals surface area contributed by atoms with Crippen molar-refractivity contribution in [3.8, 4) is 0 Å². The van der Waals surface area contributed by atoms with Gasteiger partial charge in [0.1, 0.15) is 6.04 Å². The van der Waals surface area contributed by atoms with Crippen molar-refractivity contribution in [3.05, 3.63) is 34.9 Å². The summed E-state index contributed by atoms with van der Waals surface area (Å²) < 4.78 is 0. The van der Waals surface area contributed by atoms with E-state index in [1.807, 2.05) is 13.1 Å².